The Morgan fingerprint density at radius 1 is 1.00 bits per heavy atom. The van der Waals surface area contributed by atoms with E-state index in [2.05, 4.69) is 10.6 Å². The standard InChI is InChI=1S/C25H23F2N3O4/c1-14-11-15(5-6-16(14)17-3-2-4-18-19(17)12-28-21(18)32)20(31)13-30-22(33)24(29-23(30)34)7-9-25(26,27)10-8-24/h2-6,11H,7-10,12-13H2,1H3,(H,28,32)(H,29,34). The van der Waals surface area contributed by atoms with Gasteiger partial charge in [0, 0.05) is 30.5 Å². The molecule has 5 rings (SSSR count). The summed E-state index contributed by atoms with van der Waals surface area (Å²) in [7, 11) is 0. The Balaban J connectivity index is 1.35. The smallest absolute Gasteiger partial charge is 0.325 e. The second kappa shape index (κ2) is 7.72. The fourth-order valence-electron chi connectivity index (χ4n) is 5.08. The van der Waals surface area contributed by atoms with E-state index in [1.165, 1.54) is 0 Å². The number of halogens is 2. The molecule has 1 spiro atoms. The van der Waals surface area contributed by atoms with Crippen LogP contribution >= 0.6 is 0 Å². The zero-order chi connectivity index (χ0) is 24.3. The third-order valence-electron chi connectivity index (χ3n) is 7.07. The number of ketones is 1. The molecular formula is C25H23F2N3O4. The van der Waals surface area contributed by atoms with Gasteiger partial charge in [0.15, 0.2) is 5.78 Å². The van der Waals surface area contributed by atoms with Gasteiger partial charge in [0.05, 0.1) is 6.54 Å². The number of Topliss-reactive ketones (excluding diaryl/α,β-unsaturated/α-hetero) is 1. The molecule has 2 fully saturated rings. The third kappa shape index (κ3) is 3.55. The topological polar surface area (TPSA) is 95.6 Å². The summed E-state index contributed by atoms with van der Waals surface area (Å²) in [4.78, 5) is 51.1. The average Bonchev–Trinajstić information content (AvgIpc) is 3.29. The molecule has 0 radical (unpaired) electrons. The fourth-order valence-corrected chi connectivity index (χ4v) is 5.08. The van der Waals surface area contributed by atoms with Crippen molar-refractivity contribution in [2.75, 3.05) is 6.54 Å². The van der Waals surface area contributed by atoms with Crippen LogP contribution in [0.5, 0.6) is 0 Å². The summed E-state index contributed by atoms with van der Waals surface area (Å²) < 4.78 is 27.1. The number of nitrogens with zero attached hydrogens (tertiary/aromatic N) is 1. The number of rotatable bonds is 4. The highest BCUT2D eigenvalue weighted by Gasteiger charge is 2.55. The number of carbonyl (C=O) groups is 4. The number of nitrogens with one attached hydrogen (secondary N) is 2. The van der Waals surface area contributed by atoms with Gasteiger partial charge >= 0.3 is 6.03 Å². The van der Waals surface area contributed by atoms with E-state index in [9.17, 15) is 28.0 Å². The maximum absolute atomic E-state index is 13.6. The molecule has 0 aromatic heterocycles. The van der Waals surface area contributed by atoms with Crippen molar-refractivity contribution in [3.63, 3.8) is 0 Å². The highest BCUT2D eigenvalue weighted by atomic mass is 19.3. The molecule has 2 heterocycles. The summed E-state index contributed by atoms with van der Waals surface area (Å²) in [5.41, 5.74) is 3.10. The summed E-state index contributed by atoms with van der Waals surface area (Å²) in [6.45, 7) is 1.83. The van der Waals surface area contributed by atoms with Crippen LogP contribution in [0.25, 0.3) is 11.1 Å². The van der Waals surface area contributed by atoms with Gasteiger partial charge in [-0.3, -0.25) is 19.3 Å². The lowest BCUT2D eigenvalue weighted by Gasteiger charge is -2.34. The van der Waals surface area contributed by atoms with Gasteiger partial charge in [0.1, 0.15) is 5.54 Å². The molecule has 176 valence electrons. The molecule has 0 bridgehead atoms. The number of fused-ring (bicyclic) bond motifs is 1. The normalized spacial score (nSPS) is 20.3. The third-order valence-corrected chi connectivity index (χ3v) is 7.07. The number of urea groups is 1. The summed E-state index contributed by atoms with van der Waals surface area (Å²) in [6, 6.07) is 9.88. The van der Waals surface area contributed by atoms with E-state index in [0.29, 0.717) is 17.7 Å². The molecule has 2 N–H and O–H groups in total. The lowest BCUT2D eigenvalue weighted by Crippen LogP contribution is -2.51. The quantitative estimate of drug-likeness (QED) is 0.531. The zero-order valence-corrected chi connectivity index (χ0v) is 18.5. The second-order valence-electron chi connectivity index (χ2n) is 9.23. The zero-order valence-electron chi connectivity index (χ0n) is 18.5. The Hall–Kier alpha value is -3.62. The van der Waals surface area contributed by atoms with Gasteiger partial charge in [-0.05, 0) is 54.2 Å². The van der Waals surface area contributed by atoms with Crippen LogP contribution in [0, 0.1) is 6.92 Å². The van der Waals surface area contributed by atoms with Gasteiger partial charge in [-0.25, -0.2) is 13.6 Å². The fraction of sp³-hybridized carbons (Fsp3) is 0.360. The highest BCUT2D eigenvalue weighted by molar-refractivity contribution is 6.11. The first-order valence-corrected chi connectivity index (χ1v) is 11.2. The van der Waals surface area contributed by atoms with Crippen LogP contribution in [0.3, 0.4) is 0 Å². The van der Waals surface area contributed by atoms with E-state index < -0.39 is 48.6 Å². The van der Waals surface area contributed by atoms with E-state index in [-0.39, 0.29) is 18.7 Å². The highest BCUT2D eigenvalue weighted by Crippen LogP contribution is 2.41. The summed E-state index contributed by atoms with van der Waals surface area (Å²) >= 11 is 0. The molecule has 4 amide bonds. The predicted molar refractivity (Wildman–Crippen MR) is 119 cm³/mol. The van der Waals surface area contributed by atoms with Crippen LogP contribution in [0.1, 0.15) is 57.5 Å². The molecule has 0 atom stereocenters. The van der Waals surface area contributed by atoms with Crippen molar-refractivity contribution in [2.45, 2.75) is 50.6 Å². The molecule has 2 aromatic carbocycles. The SMILES string of the molecule is Cc1cc(C(=O)CN2C(=O)NC3(CCC(F)(F)CC3)C2=O)ccc1-c1cccc2c1CNC2=O. The molecule has 7 nitrogen and oxygen atoms in total. The first-order chi connectivity index (χ1) is 16.1. The monoisotopic (exact) mass is 467 g/mol. The molecule has 1 saturated heterocycles. The number of benzene rings is 2. The lowest BCUT2D eigenvalue weighted by atomic mass is 9.80. The maximum atomic E-state index is 13.6. The first kappa shape index (κ1) is 22.2. The molecule has 3 aliphatic rings. The second-order valence-corrected chi connectivity index (χ2v) is 9.23. The number of hydrogen-bond acceptors (Lipinski definition) is 4. The van der Waals surface area contributed by atoms with Crippen molar-refractivity contribution in [1.82, 2.24) is 15.5 Å². The summed E-state index contributed by atoms with van der Waals surface area (Å²) in [6.07, 6.45) is -1.26. The Morgan fingerprint density at radius 3 is 2.41 bits per heavy atom. The van der Waals surface area contributed by atoms with Gasteiger partial charge < -0.3 is 10.6 Å². The molecule has 34 heavy (non-hydrogen) atoms. The number of hydrogen-bond donors (Lipinski definition) is 2. The van der Waals surface area contributed by atoms with Crippen molar-refractivity contribution in [3.8, 4) is 11.1 Å². The van der Waals surface area contributed by atoms with Crippen LogP contribution in [-0.2, 0) is 11.3 Å². The van der Waals surface area contributed by atoms with Crippen molar-refractivity contribution >= 4 is 23.6 Å². The predicted octanol–water partition coefficient (Wildman–Crippen LogP) is 3.59. The van der Waals surface area contributed by atoms with Crippen molar-refractivity contribution < 1.29 is 28.0 Å². The average molecular weight is 467 g/mol. The van der Waals surface area contributed by atoms with Crippen LogP contribution in [0.4, 0.5) is 13.6 Å². The van der Waals surface area contributed by atoms with Crippen molar-refractivity contribution in [3.05, 3.63) is 58.7 Å². The van der Waals surface area contributed by atoms with Crippen molar-refractivity contribution in [2.24, 2.45) is 0 Å². The molecule has 2 aliphatic heterocycles. The number of imide groups is 1. The van der Waals surface area contributed by atoms with Crippen LogP contribution in [0.15, 0.2) is 36.4 Å². The maximum Gasteiger partial charge on any atom is 0.325 e. The summed E-state index contributed by atoms with van der Waals surface area (Å²) in [5, 5.41) is 5.36. The van der Waals surface area contributed by atoms with Crippen LogP contribution in [0.2, 0.25) is 0 Å². The Labute approximate surface area is 194 Å². The van der Waals surface area contributed by atoms with E-state index in [0.717, 1.165) is 27.2 Å². The number of alkyl halides is 2. The van der Waals surface area contributed by atoms with E-state index in [1.807, 2.05) is 19.1 Å². The van der Waals surface area contributed by atoms with Crippen LogP contribution < -0.4 is 10.6 Å². The van der Waals surface area contributed by atoms with E-state index >= 15 is 0 Å². The van der Waals surface area contributed by atoms with E-state index in [4.69, 9.17) is 0 Å². The minimum atomic E-state index is -2.85. The van der Waals surface area contributed by atoms with Gasteiger partial charge in [-0.1, -0.05) is 24.3 Å². The number of aryl methyl sites for hydroxylation is 1. The lowest BCUT2D eigenvalue weighted by molar-refractivity contribution is -0.135. The first-order valence-electron chi connectivity index (χ1n) is 11.2. The molecule has 9 heteroatoms. The van der Waals surface area contributed by atoms with Crippen molar-refractivity contribution in [1.29, 1.82) is 0 Å². The summed E-state index contributed by atoms with van der Waals surface area (Å²) in [5.74, 6) is -4.01. The largest absolute Gasteiger partial charge is 0.348 e. The van der Waals surface area contributed by atoms with Gasteiger partial charge in [0.25, 0.3) is 11.8 Å². The van der Waals surface area contributed by atoms with Gasteiger partial charge in [-0.2, -0.15) is 0 Å². The minimum Gasteiger partial charge on any atom is -0.348 e. The number of amides is 4. The molecule has 1 saturated carbocycles. The van der Waals surface area contributed by atoms with E-state index in [1.54, 1.807) is 24.3 Å². The molecule has 2 aromatic rings. The molecular weight excluding hydrogens is 444 g/mol. The Morgan fingerprint density at radius 2 is 1.71 bits per heavy atom. The molecule has 1 aliphatic carbocycles. The Bertz CT molecular complexity index is 1250. The van der Waals surface area contributed by atoms with Gasteiger partial charge in [-0.15, -0.1) is 0 Å². The Kier molecular flexibility index (Phi) is 5.03. The van der Waals surface area contributed by atoms with Gasteiger partial charge in [0.2, 0.25) is 5.92 Å². The number of carbonyl (C=O) groups excluding carboxylic acids is 4. The van der Waals surface area contributed by atoms with Crippen LogP contribution in [-0.4, -0.2) is 46.5 Å². The molecule has 0 unspecified atom stereocenters. The minimum absolute atomic E-state index is 0.116.